The van der Waals surface area contributed by atoms with Gasteiger partial charge < -0.3 is 14.6 Å². The van der Waals surface area contributed by atoms with E-state index in [0.29, 0.717) is 60.4 Å². The fourth-order valence-corrected chi connectivity index (χ4v) is 4.11. The van der Waals surface area contributed by atoms with E-state index < -0.39 is 0 Å². The van der Waals surface area contributed by atoms with Crippen LogP contribution < -0.4 is 5.32 Å². The summed E-state index contributed by atoms with van der Waals surface area (Å²) in [6, 6.07) is 11.1. The van der Waals surface area contributed by atoms with Crippen molar-refractivity contribution in [1.29, 1.82) is 0 Å². The quantitative estimate of drug-likeness (QED) is 0.446. The third-order valence-electron chi connectivity index (χ3n) is 6.12. The Hall–Kier alpha value is -3.85. The molecule has 174 valence electrons. The summed E-state index contributed by atoms with van der Waals surface area (Å²) in [4.78, 5) is 34.1. The molecule has 1 fully saturated rings. The number of Topliss-reactive ketones (excluding diaryl/α,β-unsaturated/α-hetero) is 1. The lowest BCUT2D eigenvalue weighted by atomic mass is 9.93. The fraction of sp³-hybridized carbons (Fsp3) is 0.320. The number of fused-ring (bicyclic) bond motifs is 1. The number of ketones is 1. The highest BCUT2D eigenvalue weighted by molar-refractivity contribution is 6.04. The zero-order valence-corrected chi connectivity index (χ0v) is 18.9. The molecule has 0 aliphatic carbocycles. The molecular formula is C25H25N5O4. The molecule has 9 heteroatoms. The standard InChI is InChI=1S/C25H25N5O4/c1-16-5-6-18(14-19(16)27-25(32)20-15-26-22-4-2-3-11-30(20)22)24-28-23(34-29-24)8-7-21(31)17-9-12-33-13-10-17/h2-6,11,14-15,17H,7-10,12-13H2,1H3,(H,27,32). The van der Waals surface area contributed by atoms with Crippen LogP contribution in [0.4, 0.5) is 5.69 Å². The second-order valence-electron chi connectivity index (χ2n) is 8.42. The first-order valence-electron chi connectivity index (χ1n) is 11.4. The van der Waals surface area contributed by atoms with Gasteiger partial charge in [0.05, 0.1) is 6.20 Å². The molecule has 9 nitrogen and oxygen atoms in total. The monoisotopic (exact) mass is 459 g/mol. The van der Waals surface area contributed by atoms with Gasteiger partial charge in [-0.05, 0) is 43.5 Å². The maximum atomic E-state index is 12.9. The Morgan fingerprint density at radius 3 is 2.88 bits per heavy atom. The Morgan fingerprint density at radius 2 is 2.03 bits per heavy atom. The number of nitrogens with one attached hydrogen (secondary N) is 1. The minimum absolute atomic E-state index is 0.0623. The Morgan fingerprint density at radius 1 is 1.18 bits per heavy atom. The van der Waals surface area contributed by atoms with Crippen molar-refractivity contribution in [3.8, 4) is 11.4 Å². The molecule has 4 heterocycles. The first kappa shape index (κ1) is 22.0. The van der Waals surface area contributed by atoms with E-state index in [1.165, 1.54) is 0 Å². The van der Waals surface area contributed by atoms with Crippen molar-refractivity contribution < 1.29 is 18.8 Å². The predicted molar refractivity (Wildman–Crippen MR) is 124 cm³/mol. The number of carbonyl (C=O) groups is 2. The molecule has 0 atom stereocenters. The summed E-state index contributed by atoms with van der Waals surface area (Å²) in [6.45, 7) is 3.20. The topological polar surface area (TPSA) is 112 Å². The van der Waals surface area contributed by atoms with E-state index in [4.69, 9.17) is 9.26 Å². The van der Waals surface area contributed by atoms with E-state index >= 15 is 0 Å². The first-order chi connectivity index (χ1) is 16.6. The molecule has 1 amide bonds. The number of imidazole rings is 1. The van der Waals surface area contributed by atoms with Gasteiger partial charge in [-0.1, -0.05) is 23.4 Å². The smallest absolute Gasteiger partial charge is 0.274 e. The van der Waals surface area contributed by atoms with Crippen molar-refractivity contribution >= 4 is 23.0 Å². The van der Waals surface area contributed by atoms with E-state index in [9.17, 15) is 9.59 Å². The molecule has 0 spiro atoms. The van der Waals surface area contributed by atoms with Gasteiger partial charge in [-0.15, -0.1) is 0 Å². The number of rotatable bonds is 7. The molecule has 1 saturated heterocycles. The summed E-state index contributed by atoms with van der Waals surface area (Å²) in [7, 11) is 0. The zero-order valence-electron chi connectivity index (χ0n) is 18.9. The molecule has 3 aromatic heterocycles. The van der Waals surface area contributed by atoms with Crippen LogP contribution in [-0.4, -0.2) is 44.4 Å². The van der Waals surface area contributed by atoms with Crippen LogP contribution >= 0.6 is 0 Å². The SMILES string of the molecule is Cc1ccc(-c2noc(CCC(=O)C3CCOCC3)n2)cc1NC(=O)c1cnc2ccccn12. The molecule has 1 aliphatic rings. The molecule has 4 aromatic rings. The van der Waals surface area contributed by atoms with Crippen LogP contribution in [-0.2, 0) is 16.0 Å². The third kappa shape index (κ3) is 4.60. The van der Waals surface area contributed by atoms with Crippen LogP contribution in [0.2, 0.25) is 0 Å². The molecule has 0 saturated carbocycles. The number of amides is 1. The van der Waals surface area contributed by atoms with Crippen LogP contribution in [0.5, 0.6) is 0 Å². The summed E-state index contributed by atoms with van der Waals surface area (Å²) >= 11 is 0. The summed E-state index contributed by atoms with van der Waals surface area (Å²) in [6.07, 6.45) is 5.70. The molecule has 0 unspecified atom stereocenters. The Bertz CT molecular complexity index is 1340. The first-order valence-corrected chi connectivity index (χ1v) is 11.4. The zero-order chi connectivity index (χ0) is 23.5. The number of hydrogen-bond acceptors (Lipinski definition) is 7. The van der Waals surface area contributed by atoms with Crippen molar-refractivity contribution in [2.24, 2.45) is 5.92 Å². The lowest BCUT2D eigenvalue weighted by Gasteiger charge is -2.20. The number of pyridine rings is 1. The van der Waals surface area contributed by atoms with E-state index in [-0.39, 0.29) is 17.6 Å². The van der Waals surface area contributed by atoms with Crippen LogP contribution in [0, 0.1) is 12.8 Å². The highest BCUT2D eigenvalue weighted by Crippen LogP contribution is 2.25. The van der Waals surface area contributed by atoms with Crippen molar-refractivity contribution in [3.63, 3.8) is 0 Å². The Kier molecular flexibility index (Phi) is 6.18. The van der Waals surface area contributed by atoms with Gasteiger partial charge >= 0.3 is 0 Å². The number of anilines is 1. The van der Waals surface area contributed by atoms with E-state index in [2.05, 4.69) is 20.4 Å². The average Bonchev–Trinajstić information content (AvgIpc) is 3.52. The predicted octanol–water partition coefficient (Wildman–Crippen LogP) is 3.87. The number of aromatic nitrogens is 4. The van der Waals surface area contributed by atoms with Gasteiger partial charge in [0, 0.05) is 49.4 Å². The number of hydrogen-bond donors (Lipinski definition) is 1. The maximum Gasteiger partial charge on any atom is 0.274 e. The minimum atomic E-state index is -0.264. The van der Waals surface area contributed by atoms with Crippen LogP contribution in [0.3, 0.4) is 0 Å². The molecule has 0 bridgehead atoms. The van der Waals surface area contributed by atoms with Crippen LogP contribution in [0.15, 0.2) is 53.3 Å². The fourth-order valence-electron chi connectivity index (χ4n) is 4.11. The third-order valence-corrected chi connectivity index (χ3v) is 6.12. The van der Waals surface area contributed by atoms with Gasteiger partial charge in [0.25, 0.3) is 5.91 Å². The number of ether oxygens (including phenoxy) is 1. The van der Waals surface area contributed by atoms with E-state index in [0.717, 1.165) is 18.4 Å². The largest absolute Gasteiger partial charge is 0.381 e. The summed E-state index contributed by atoms with van der Waals surface area (Å²) in [5.41, 5.74) is 3.40. The number of carbonyl (C=O) groups excluding carboxylic acids is 2. The number of nitrogens with zero attached hydrogens (tertiary/aromatic N) is 4. The summed E-state index contributed by atoms with van der Waals surface area (Å²) < 4.78 is 12.4. The van der Waals surface area contributed by atoms with Crippen molar-refractivity contribution in [1.82, 2.24) is 19.5 Å². The molecule has 34 heavy (non-hydrogen) atoms. The van der Waals surface area contributed by atoms with Gasteiger partial charge in [0.15, 0.2) is 0 Å². The molecule has 1 aliphatic heterocycles. The lowest BCUT2D eigenvalue weighted by molar-refractivity contribution is -0.125. The highest BCUT2D eigenvalue weighted by Gasteiger charge is 2.22. The van der Waals surface area contributed by atoms with Crippen molar-refractivity contribution in [2.45, 2.75) is 32.6 Å². The second-order valence-corrected chi connectivity index (χ2v) is 8.42. The molecule has 1 aromatic carbocycles. The van der Waals surface area contributed by atoms with Gasteiger partial charge in [0.1, 0.15) is 17.1 Å². The Balaban J connectivity index is 1.28. The lowest BCUT2D eigenvalue weighted by Crippen LogP contribution is -2.23. The minimum Gasteiger partial charge on any atom is -0.381 e. The highest BCUT2D eigenvalue weighted by atomic mass is 16.5. The number of benzene rings is 1. The van der Waals surface area contributed by atoms with E-state index in [1.807, 2.05) is 43.3 Å². The maximum absolute atomic E-state index is 12.9. The van der Waals surface area contributed by atoms with Gasteiger partial charge in [-0.3, -0.25) is 14.0 Å². The number of aryl methyl sites for hydroxylation is 2. The molecule has 5 rings (SSSR count). The van der Waals surface area contributed by atoms with Crippen molar-refractivity contribution in [3.05, 3.63) is 65.9 Å². The second kappa shape index (κ2) is 9.56. The molecule has 0 radical (unpaired) electrons. The summed E-state index contributed by atoms with van der Waals surface area (Å²) in [5.74, 6) is 0.855. The summed E-state index contributed by atoms with van der Waals surface area (Å²) in [5, 5.41) is 7.03. The molecular weight excluding hydrogens is 434 g/mol. The van der Waals surface area contributed by atoms with Gasteiger partial charge in [-0.2, -0.15) is 4.98 Å². The van der Waals surface area contributed by atoms with Crippen molar-refractivity contribution in [2.75, 3.05) is 18.5 Å². The van der Waals surface area contributed by atoms with Crippen LogP contribution in [0.25, 0.3) is 17.0 Å². The van der Waals surface area contributed by atoms with Gasteiger partial charge in [-0.25, -0.2) is 4.98 Å². The average molecular weight is 460 g/mol. The van der Waals surface area contributed by atoms with E-state index in [1.54, 1.807) is 16.8 Å². The Labute approximate surface area is 196 Å². The molecule has 1 N–H and O–H groups in total. The van der Waals surface area contributed by atoms with Crippen LogP contribution in [0.1, 0.15) is 41.2 Å². The normalized spacial score (nSPS) is 14.4. The van der Waals surface area contributed by atoms with Gasteiger partial charge in [0.2, 0.25) is 11.7 Å².